The molecule has 2 heteroatoms. The van der Waals surface area contributed by atoms with Gasteiger partial charge in [-0.3, -0.25) is 0 Å². The van der Waals surface area contributed by atoms with Crippen LogP contribution < -0.4 is 0 Å². The van der Waals surface area contributed by atoms with E-state index >= 15 is 0 Å². The summed E-state index contributed by atoms with van der Waals surface area (Å²) in [5.74, 6) is 0. The Morgan fingerprint density at radius 2 is 1.17 bits per heavy atom. The van der Waals surface area contributed by atoms with Crippen molar-refractivity contribution in [3.8, 4) is 12.1 Å². The molecule has 0 aromatic rings. The predicted octanol–water partition coefficient (Wildman–Crippen LogP) is 2.87. The summed E-state index contributed by atoms with van der Waals surface area (Å²) in [5, 5.41) is 18.0. The molecule has 0 amide bonds. The Labute approximate surface area is 74.8 Å². The number of nitriles is 2. The second-order valence-corrected chi connectivity index (χ2v) is 3.59. The van der Waals surface area contributed by atoms with E-state index in [9.17, 15) is 0 Å². The van der Waals surface area contributed by atoms with Crippen LogP contribution in [0.15, 0.2) is 0 Å². The molecule has 0 rings (SSSR count). The van der Waals surface area contributed by atoms with Gasteiger partial charge < -0.3 is 0 Å². The monoisotopic (exact) mass is 164 g/mol. The molecule has 0 bridgehead atoms. The summed E-state index contributed by atoms with van der Waals surface area (Å²) in [6, 6.07) is 4.50. The summed E-state index contributed by atoms with van der Waals surface area (Å²) in [7, 11) is 0. The van der Waals surface area contributed by atoms with E-state index in [0.717, 1.165) is 12.8 Å². The zero-order valence-corrected chi connectivity index (χ0v) is 8.31. The van der Waals surface area contributed by atoms with Crippen molar-refractivity contribution in [3.63, 3.8) is 0 Å². The molecular formula is C10H16N2. The second-order valence-electron chi connectivity index (χ2n) is 3.59. The molecule has 0 N–H and O–H groups in total. The van der Waals surface area contributed by atoms with Gasteiger partial charge in [0.15, 0.2) is 0 Å². The molecule has 2 nitrogen and oxygen atoms in total. The molecule has 0 fully saturated rings. The standard InChI is InChI=1S/C10H16N2/c1-5-9(3,7-11)10(4,6-2)8-12/h5-6H2,1-4H3. The van der Waals surface area contributed by atoms with E-state index in [-0.39, 0.29) is 0 Å². The van der Waals surface area contributed by atoms with E-state index in [2.05, 4.69) is 12.1 Å². The molecule has 12 heavy (non-hydrogen) atoms. The van der Waals surface area contributed by atoms with Gasteiger partial charge in [0.05, 0.1) is 23.0 Å². The first-order chi connectivity index (χ1) is 5.49. The molecule has 2 atom stereocenters. The van der Waals surface area contributed by atoms with Gasteiger partial charge in [0.1, 0.15) is 0 Å². The van der Waals surface area contributed by atoms with E-state index in [1.165, 1.54) is 0 Å². The quantitative estimate of drug-likeness (QED) is 0.644. The second kappa shape index (κ2) is 3.59. The third-order valence-electron chi connectivity index (χ3n) is 3.13. The molecule has 0 radical (unpaired) electrons. The first kappa shape index (κ1) is 11.0. The molecule has 0 aliphatic rings. The Kier molecular flexibility index (Phi) is 3.28. The highest BCUT2D eigenvalue weighted by Crippen LogP contribution is 2.43. The fraction of sp³-hybridized carbons (Fsp3) is 0.800. The molecule has 0 heterocycles. The van der Waals surface area contributed by atoms with Crippen molar-refractivity contribution in [2.24, 2.45) is 10.8 Å². The minimum absolute atomic E-state index is 0.517. The van der Waals surface area contributed by atoms with Crippen LogP contribution >= 0.6 is 0 Å². The fourth-order valence-electron chi connectivity index (χ4n) is 1.19. The smallest absolute Gasteiger partial charge is 0.0726 e. The Morgan fingerprint density at radius 3 is 1.25 bits per heavy atom. The molecule has 0 saturated heterocycles. The van der Waals surface area contributed by atoms with E-state index < -0.39 is 10.8 Å². The normalized spacial score (nSPS) is 19.8. The lowest BCUT2D eigenvalue weighted by molar-refractivity contribution is 0.186. The molecule has 66 valence electrons. The highest BCUT2D eigenvalue weighted by atomic mass is 14.5. The van der Waals surface area contributed by atoms with Crippen molar-refractivity contribution in [1.82, 2.24) is 0 Å². The third-order valence-corrected chi connectivity index (χ3v) is 3.13. The molecule has 2 unspecified atom stereocenters. The average molecular weight is 164 g/mol. The first-order valence-corrected chi connectivity index (χ1v) is 4.32. The van der Waals surface area contributed by atoms with Crippen molar-refractivity contribution >= 4 is 0 Å². The maximum absolute atomic E-state index is 8.98. The predicted molar refractivity (Wildman–Crippen MR) is 48.0 cm³/mol. The minimum atomic E-state index is -0.517. The van der Waals surface area contributed by atoms with Gasteiger partial charge in [-0.2, -0.15) is 10.5 Å². The fourth-order valence-corrected chi connectivity index (χ4v) is 1.19. The minimum Gasteiger partial charge on any atom is -0.198 e. The average Bonchev–Trinajstić information content (AvgIpc) is 2.15. The number of hydrogen-bond acceptors (Lipinski definition) is 2. The summed E-state index contributed by atoms with van der Waals surface area (Å²) >= 11 is 0. The van der Waals surface area contributed by atoms with E-state index in [1.807, 2.05) is 27.7 Å². The van der Waals surface area contributed by atoms with Crippen LogP contribution in [0.2, 0.25) is 0 Å². The molecular weight excluding hydrogens is 148 g/mol. The molecule has 0 aliphatic heterocycles. The summed E-state index contributed by atoms with van der Waals surface area (Å²) < 4.78 is 0. The topological polar surface area (TPSA) is 47.6 Å². The van der Waals surface area contributed by atoms with Gasteiger partial charge in [-0.05, 0) is 26.7 Å². The van der Waals surface area contributed by atoms with Crippen LogP contribution in [0.3, 0.4) is 0 Å². The Balaban J connectivity index is 4.99. The zero-order chi connectivity index (χ0) is 9.83. The van der Waals surface area contributed by atoms with Crippen molar-refractivity contribution in [2.45, 2.75) is 40.5 Å². The Morgan fingerprint density at radius 1 is 0.917 bits per heavy atom. The van der Waals surface area contributed by atoms with Crippen LogP contribution in [0.4, 0.5) is 0 Å². The van der Waals surface area contributed by atoms with E-state index in [4.69, 9.17) is 10.5 Å². The van der Waals surface area contributed by atoms with Gasteiger partial charge >= 0.3 is 0 Å². The number of rotatable bonds is 3. The van der Waals surface area contributed by atoms with Crippen LogP contribution in [0.1, 0.15) is 40.5 Å². The van der Waals surface area contributed by atoms with Crippen LogP contribution in [0.25, 0.3) is 0 Å². The highest BCUT2D eigenvalue weighted by Gasteiger charge is 2.42. The SMILES string of the molecule is CCC(C)(C#N)C(C)(C#N)CC. The number of nitrogens with zero attached hydrogens (tertiary/aromatic N) is 2. The maximum atomic E-state index is 8.98. The molecule has 0 aromatic carbocycles. The van der Waals surface area contributed by atoms with Crippen LogP contribution in [-0.4, -0.2) is 0 Å². The van der Waals surface area contributed by atoms with Gasteiger partial charge in [-0.25, -0.2) is 0 Å². The Bertz CT molecular complexity index is 207. The van der Waals surface area contributed by atoms with E-state index in [1.54, 1.807) is 0 Å². The van der Waals surface area contributed by atoms with Crippen LogP contribution in [0, 0.1) is 33.5 Å². The van der Waals surface area contributed by atoms with Crippen LogP contribution in [0.5, 0.6) is 0 Å². The summed E-state index contributed by atoms with van der Waals surface area (Å²) in [5.41, 5.74) is -1.03. The van der Waals surface area contributed by atoms with Crippen molar-refractivity contribution in [1.29, 1.82) is 10.5 Å². The van der Waals surface area contributed by atoms with Gasteiger partial charge in [0, 0.05) is 0 Å². The lowest BCUT2D eigenvalue weighted by atomic mass is 9.64. The van der Waals surface area contributed by atoms with Gasteiger partial charge in [0.25, 0.3) is 0 Å². The van der Waals surface area contributed by atoms with Crippen molar-refractivity contribution < 1.29 is 0 Å². The zero-order valence-electron chi connectivity index (χ0n) is 8.31. The molecule has 0 spiro atoms. The Hall–Kier alpha value is -1.02. The van der Waals surface area contributed by atoms with Crippen molar-refractivity contribution in [3.05, 3.63) is 0 Å². The lowest BCUT2D eigenvalue weighted by Gasteiger charge is -2.34. The maximum Gasteiger partial charge on any atom is 0.0726 e. The van der Waals surface area contributed by atoms with Gasteiger partial charge in [-0.1, -0.05) is 13.8 Å². The van der Waals surface area contributed by atoms with Gasteiger partial charge in [0.2, 0.25) is 0 Å². The number of hydrogen-bond donors (Lipinski definition) is 0. The van der Waals surface area contributed by atoms with Crippen molar-refractivity contribution in [2.75, 3.05) is 0 Å². The highest BCUT2D eigenvalue weighted by molar-refractivity contribution is 5.14. The third kappa shape index (κ3) is 1.43. The lowest BCUT2D eigenvalue weighted by Crippen LogP contribution is -2.34. The molecule has 0 aromatic heterocycles. The van der Waals surface area contributed by atoms with E-state index in [0.29, 0.717) is 0 Å². The molecule has 0 saturated carbocycles. The van der Waals surface area contributed by atoms with Gasteiger partial charge in [-0.15, -0.1) is 0 Å². The summed E-state index contributed by atoms with van der Waals surface area (Å²) in [4.78, 5) is 0. The summed E-state index contributed by atoms with van der Waals surface area (Å²) in [6.45, 7) is 7.63. The summed E-state index contributed by atoms with van der Waals surface area (Å²) in [6.07, 6.45) is 1.45. The first-order valence-electron chi connectivity index (χ1n) is 4.32. The molecule has 0 aliphatic carbocycles. The largest absolute Gasteiger partial charge is 0.198 e. The van der Waals surface area contributed by atoms with Crippen LogP contribution in [-0.2, 0) is 0 Å².